The predicted molar refractivity (Wildman–Crippen MR) is 73.5 cm³/mol. The van der Waals surface area contributed by atoms with Gasteiger partial charge in [-0.15, -0.1) is 47.5 Å². The molecule has 0 saturated carbocycles. The molecule has 0 aliphatic carbocycles. The maximum atomic E-state index is 2.08. The molecule has 100 valence electrons. The Morgan fingerprint density at radius 3 is 1.11 bits per heavy atom. The van der Waals surface area contributed by atoms with Crippen LogP contribution in [-0.4, -0.2) is 0 Å². The first-order valence-electron chi connectivity index (χ1n) is 5.55. The average molecular weight is 372 g/mol. The van der Waals surface area contributed by atoms with E-state index in [-0.39, 0.29) is 51.0 Å². The zero-order chi connectivity index (χ0) is 11.6. The Bertz CT molecular complexity index is 369. The fourth-order valence-corrected chi connectivity index (χ4v) is 1.38. The summed E-state index contributed by atoms with van der Waals surface area (Å²) in [6, 6.07) is 16.5. The quantitative estimate of drug-likeness (QED) is 0.586. The minimum absolute atomic E-state index is 0. The average Bonchev–Trinajstić information content (AvgIpc) is 2.92. The summed E-state index contributed by atoms with van der Waals surface area (Å²) < 4.78 is 0. The Hall–Kier alpha value is -0.357. The first kappa shape index (κ1) is 23.7. The van der Waals surface area contributed by atoms with E-state index in [1.165, 1.54) is 11.1 Å². The van der Waals surface area contributed by atoms with Crippen molar-refractivity contribution in [3.8, 4) is 0 Å². The van der Waals surface area contributed by atoms with Gasteiger partial charge in [0.1, 0.15) is 0 Å². The maximum absolute atomic E-state index is 2.08. The number of halogens is 2. The molecule has 0 atom stereocenters. The Labute approximate surface area is 148 Å². The second-order valence-electron chi connectivity index (χ2n) is 3.44. The topological polar surface area (TPSA) is 0 Å². The van der Waals surface area contributed by atoms with Crippen LogP contribution < -0.4 is 24.8 Å². The van der Waals surface area contributed by atoms with Crippen LogP contribution in [0.5, 0.6) is 0 Å². The molecule has 0 fully saturated rings. The van der Waals surface area contributed by atoms with Gasteiger partial charge in [-0.1, -0.05) is 13.8 Å². The Morgan fingerprint density at radius 2 is 0.895 bits per heavy atom. The van der Waals surface area contributed by atoms with Crippen LogP contribution >= 0.6 is 0 Å². The van der Waals surface area contributed by atoms with Gasteiger partial charge in [0.05, 0.1) is 0 Å². The van der Waals surface area contributed by atoms with Gasteiger partial charge in [-0.25, -0.2) is 0 Å². The molecule has 0 N–H and O–H groups in total. The van der Waals surface area contributed by atoms with Gasteiger partial charge < -0.3 is 24.8 Å². The molecule has 3 heteroatoms. The molecule has 19 heavy (non-hydrogen) atoms. The summed E-state index contributed by atoms with van der Waals surface area (Å²) in [5.74, 6) is 0. The smallest absolute Gasteiger partial charge is 1.00 e. The van der Waals surface area contributed by atoms with Crippen LogP contribution in [0.4, 0.5) is 0 Å². The van der Waals surface area contributed by atoms with Crippen LogP contribution in [0.3, 0.4) is 0 Å². The van der Waals surface area contributed by atoms with Crippen LogP contribution in [-0.2, 0) is 26.2 Å². The Balaban J connectivity index is -0.000000233. The standard InChI is InChI=1S/2C8H9.2ClH.Zr/c2*1-2-5-8-6-3-4-7-8;;;/h2*2-7H,1H3;2*1H;/q2*-1;;;+4/p-2. The van der Waals surface area contributed by atoms with Crippen LogP contribution in [0.1, 0.15) is 25.0 Å². The second kappa shape index (κ2) is 15.7. The minimum atomic E-state index is 0. The van der Waals surface area contributed by atoms with Crippen LogP contribution in [0.25, 0.3) is 12.2 Å². The normalized spacial score (nSPS) is 8.95. The van der Waals surface area contributed by atoms with Gasteiger partial charge in [0, 0.05) is 0 Å². The largest absolute Gasteiger partial charge is 4.00 e. The zero-order valence-electron chi connectivity index (χ0n) is 11.2. The van der Waals surface area contributed by atoms with E-state index in [0.29, 0.717) is 0 Å². The Kier molecular flexibility index (Phi) is 19.6. The maximum Gasteiger partial charge on any atom is 4.00 e. The van der Waals surface area contributed by atoms with Gasteiger partial charge in [0.15, 0.2) is 0 Å². The predicted octanol–water partition coefficient (Wildman–Crippen LogP) is -1.12. The van der Waals surface area contributed by atoms with Crippen molar-refractivity contribution in [2.45, 2.75) is 13.8 Å². The van der Waals surface area contributed by atoms with Crippen LogP contribution in [0, 0.1) is 0 Å². The molecule has 0 amide bonds. The molecular weight excluding hydrogens is 354 g/mol. The molecule has 0 heterocycles. The number of rotatable bonds is 2. The van der Waals surface area contributed by atoms with Crippen molar-refractivity contribution in [1.29, 1.82) is 0 Å². The van der Waals surface area contributed by atoms with Crippen molar-refractivity contribution in [2.24, 2.45) is 0 Å². The van der Waals surface area contributed by atoms with Crippen molar-refractivity contribution in [3.05, 3.63) is 71.8 Å². The third-order valence-corrected chi connectivity index (χ3v) is 2.10. The molecule has 2 aromatic carbocycles. The van der Waals surface area contributed by atoms with Gasteiger partial charge in [-0.05, 0) is 0 Å². The van der Waals surface area contributed by atoms with Crippen molar-refractivity contribution < 1.29 is 51.0 Å². The summed E-state index contributed by atoms with van der Waals surface area (Å²) in [6.45, 7) is 4.04. The van der Waals surface area contributed by atoms with Crippen LogP contribution in [0.15, 0.2) is 60.7 Å². The van der Waals surface area contributed by atoms with E-state index in [9.17, 15) is 0 Å². The fraction of sp³-hybridized carbons (Fsp3) is 0.125. The molecule has 0 aliphatic rings. The number of hydrogen-bond acceptors (Lipinski definition) is 0. The van der Waals surface area contributed by atoms with Gasteiger partial charge in [-0.2, -0.15) is 36.4 Å². The van der Waals surface area contributed by atoms with Crippen molar-refractivity contribution in [1.82, 2.24) is 0 Å². The van der Waals surface area contributed by atoms with E-state index in [2.05, 4.69) is 36.4 Å². The van der Waals surface area contributed by atoms with E-state index < -0.39 is 0 Å². The van der Waals surface area contributed by atoms with E-state index >= 15 is 0 Å². The van der Waals surface area contributed by atoms with Gasteiger partial charge in [0.25, 0.3) is 0 Å². The summed E-state index contributed by atoms with van der Waals surface area (Å²) in [4.78, 5) is 0. The summed E-state index contributed by atoms with van der Waals surface area (Å²) in [6.07, 6.45) is 8.24. The molecule has 2 rings (SSSR count). The zero-order valence-corrected chi connectivity index (χ0v) is 15.2. The molecule has 0 nitrogen and oxygen atoms in total. The van der Waals surface area contributed by atoms with Gasteiger partial charge in [0.2, 0.25) is 0 Å². The van der Waals surface area contributed by atoms with Crippen molar-refractivity contribution in [2.75, 3.05) is 0 Å². The molecule has 0 aliphatic heterocycles. The molecule has 0 aromatic heterocycles. The summed E-state index contributed by atoms with van der Waals surface area (Å²) in [7, 11) is 0. The van der Waals surface area contributed by atoms with Gasteiger partial charge >= 0.3 is 26.2 Å². The third kappa shape index (κ3) is 11.2. The van der Waals surface area contributed by atoms with Gasteiger partial charge in [-0.3, -0.25) is 0 Å². The summed E-state index contributed by atoms with van der Waals surface area (Å²) >= 11 is 0. The number of hydrogen-bond donors (Lipinski definition) is 0. The molecule has 0 radical (unpaired) electrons. The van der Waals surface area contributed by atoms with Crippen molar-refractivity contribution >= 4 is 12.2 Å². The summed E-state index contributed by atoms with van der Waals surface area (Å²) in [5, 5.41) is 0. The van der Waals surface area contributed by atoms with E-state index in [1.54, 1.807) is 0 Å². The third-order valence-electron chi connectivity index (χ3n) is 2.10. The SMILES string of the molecule is CC=C[c-]1cccc1.CC=C[c-]1cccc1.[Cl-].[Cl-].[Zr+4]. The van der Waals surface area contributed by atoms with Crippen molar-refractivity contribution in [3.63, 3.8) is 0 Å². The molecular formula is C16H18Cl2Zr. The monoisotopic (exact) mass is 370 g/mol. The number of allylic oxidation sites excluding steroid dienone is 2. The molecule has 0 spiro atoms. The molecule has 0 unspecified atom stereocenters. The Morgan fingerprint density at radius 1 is 0.632 bits per heavy atom. The molecule has 0 bridgehead atoms. The summed E-state index contributed by atoms with van der Waals surface area (Å²) in [5.41, 5.74) is 2.57. The first-order valence-corrected chi connectivity index (χ1v) is 5.55. The van der Waals surface area contributed by atoms with E-state index in [0.717, 1.165) is 0 Å². The first-order chi connectivity index (χ1) is 7.86. The van der Waals surface area contributed by atoms with E-state index in [4.69, 9.17) is 0 Å². The van der Waals surface area contributed by atoms with E-state index in [1.807, 2.05) is 50.3 Å². The van der Waals surface area contributed by atoms with Crippen LogP contribution in [0.2, 0.25) is 0 Å². The molecule has 2 aromatic rings. The minimum Gasteiger partial charge on any atom is -1.00 e. The fourth-order valence-electron chi connectivity index (χ4n) is 1.38. The molecule has 0 saturated heterocycles. The second-order valence-corrected chi connectivity index (χ2v) is 3.44.